The van der Waals surface area contributed by atoms with Crippen molar-refractivity contribution in [1.82, 2.24) is 9.88 Å². The van der Waals surface area contributed by atoms with Crippen LogP contribution in [0, 0.1) is 6.92 Å². The second-order valence-electron chi connectivity index (χ2n) is 3.56. The third-order valence-corrected chi connectivity index (χ3v) is 2.07. The molecule has 13 heavy (non-hydrogen) atoms. The zero-order chi connectivity index (χ0) is 9.84. The fourth-order valence-electron chi connectivity index (χ4n) is 1.22. The van der Waals surface area contributed by atoms with Gasteiger partial charge in [0.25, 0.3) is 0 Å². The maximum absolute atomic E-state index is 10.9. The molecule has 0 atom stereocenters. The first-order chi connectivity index (χ1) is 6.09. The summed E-state index contributed by atoms with van der Waals surface area (Å²) >= 11 is 0. The second kappa shape index (κ2) is 4.23. The normalized spacial score (nSPS) is 10.8. The van der Waals surface area contributed by atoms with Gasteiger partial charge in [0.15, 0.2) is 0 Å². The van der Waals surface area contributed by atoms with Crippen LogP contribution in [0.4, 0.5) is 0 Å². The predicted octanol–water partition coefficient (Wildman–Crippen LogP) is 0.787. The van der Waals surface area contributed by atoms with Gasteiger partial charge < -0.3 is 9.88 Å². The molecule has 1 rings (SSSR count). The summed E-state index contributed by atoms with van der Waals surface area (Å²) < 4.78 is 0. The van der Waals surface area contributed by atoms with Crippen molar-refractivity contribution in [3.63, 3.8) is 0 Å². The molecule has 0 saturated carbocycles. The standard InChI is InChI=1S/C10H16N2O/c1-8-6-10(13)11-7-9(8)4-5-12(2)3/h6-7H,4-5H2,1-3H3,(H,11,13). The van der Waals surface area contributed by atoms with Gasteiger partial charge in [-0.3, -0.25) is 4.79 Å². The van der Waals surface area contributed by atoms with Gasteiger partial charge in [0, 0.05) is 18.8 Å². The lowest BCUT2D eigenvalue weighted by molar-refractivity contribution is 0.413. The molecule has 0 radical (unpaired) electrons. The lowest BCUT2D eigenvalue weighted by Crippen LogP contribution is -2.16. The number of aromatic nitrogens is 1. The van der Waals surface area contributed by atoms with Crippen LogP contribution in [0.1, 0.15) is 11.1 Å². The summed E-state index contributed by atoms with van der Waals surface area (Å²) in [6.07, 6.45) is 2.79. The fourth-order valence-corrected chi connectivity index (χ4v) is 1.22. The van der Waals surface area contributed by atoms with Gasteiger partial charge in [0.1, 0.15) is 0 Å². The van der Waals surface area contributed by atoms with Crippen LogP contribution in [0.15, 0.2) is 17.1 Å². The Labute approximate surface area is 78.4 Å². The highest BCUT2D eigenvalue weighted by Gasteiger charge is 1.99. The van der Waals surface area contributed by atoms with E-state index in [1.54, 1.807) is 12.3 Å². The third kappa shape index (κ3) is 3.03. The zero-order valence-corrected chi connectivity index (χ0v) is 8.42. The molecule has 0 saturated heterocycles. The lowest BCUT2D eigenvalue weighted by Gasteiger charge is -2.10. The summed E-state index contributed by atoms with van der Waals surface area (Å²) in [5.74, 6) is 0. The molecule has 0 aromatic carbocycles. The Morgan fingerprint density at radius 2 is 2.15 bits per heavy atom. The molecule has 0 aliphatic rings. The molecule has 1 N–H and O–H groups in total. The van der Waals surface area contributed by atoms with Crippen LogP contribution in [0.5, 0.6) is 0 Å². The van der Waals surface area contributed by atoms with Gasteiger partial charge in [-0.15, -0.1) is 0 Å². The maximum atomic E-state index is 10.9. The first kappa shape index (κ1) is 9.99. The number of H-pyrrole nitrogens is 1. The van der Waals surface area contributed by atoms with E-state index in [4.69, 9.17) is 0 Å². The van der Waals surface area contributed by atoms with Gasteiger partial charge in [0.05, 0.1) is 0 Å². The van der Waals surface area contributed by atoms with Crippen molar-refractivity contribution in [2.45, 2.75) is 13.3 Å². The molecule has 0 bridgehead atoms. The Bertz CT molecular complexity index is 328. The average molecular weight is 180 g/mol. The number of nitrogens with zero attached hydrogens (tertiary/aromatic N) is 1. The number of aromatic amines is 1. The molecule has 0 unspecified atom stereocenters. The molecule has 1 aromatic heterocycles. The van der Waals surface area contributed by atoms with Gasteiger partial charge in [-0.1, -0.05) is 0 Å². The summed E-state index contributed by atoms with van der Waals surface area (Å²) in [6, 6.07) is 1.64. The molecule has 3 nitrogen and oxygen atoms in total. The number of likely N-dealkylation sites (N-methyl/N-ethyl adjacent to an activating group) is 1. The van der Waals surface area contributed by atoms with Crippen LogP contribution in [0.3, 0.4) is 0 Å². The Morgan fingerprint density at radius 1 is 1.46 bits per heavy atom. The van der Waals surface area contributed by atoms with Gasteiger partial charge >= 0.3 is 0 Å². The summed E-state index contributed by atoms with van der Waals surface area (Å²) in [6.45, 7) is 2.98. The number of hydrogen-bond donors (Lipinski definition) is 1. The van der Waals surface area contributed by atoms with E-state index in [0.717, 1.165) is 18.5 Å². The SMILES string of the molecule is Cc1cc(=O)[nH]cc1CCN(C)C. The van der Waals surface area contributed by atoms with E-state index in [9.17, 15) is 4.79 Å². The average Bonchev–Trinajstić information content (AvgIpc) is 2.02. The third-order valence-electron chi connectivity index (χ3n) is 2.07. The Balaban J connectivity index is 2.72. The predicted molar refractivity (Wildman–Crippen MR) is 54.1 cm³/mol. The number of nitrogens with one attached hydrogen (secondary N) is 1. The summed E-state index contributed by atoms with van der Waals surface area (Å²) in [7, 11) is 4.09. The molecule has 1 aromatic rings. The first-order valence-electron chi connectivity index (χ1n) is 4.42. The molecule has 0 aliphatic heterocycles. The van der Waals surface area contributed by atoms with E-state index >= 15 is 0 Å². The highest BCUT2D eigenvalue weighted by Crippen LogP contribution is 2.03. The molecule has 0 spiro atoms. The lowest BCUT2D eigenvalue weighted by atomic mass is 10.1. The molecule has 0 fully saturated rings. The Hall–Kier alpha value is -1.09. The maximum Gasteiger partial charge on any atom is 0.248 e. The van der Waals surface area contributed by atoms with Crippen molar-refractivity contribution in [2.75, 3.05) is 20.6 Å². The highest BCUT2D eigenvalue weighted by molar-refractivity contribution is 5.21. The minimum Gasteiger partial charge on any atom is -0.329 e. The smallest absolute Gasteiger partial charge is 0.248 e. The molecular formula is C10H16N2O. The van der Waals surface area contributed by atoms with Crippen LogP contribution in [0.25, 0.3) is 0 Å². The van der Waals surface area contributed by atoms with Crippen molar-refractivity contribution in [2.24, 2.45) is 0 Å². The Morgan fingerprint density at radius 3 is 2.69 bits per heavy atom. The van der Waals surface area contributed by atoms with Crippen LogP contribution >= 0.6 is 0 Å². The number of pyridine rings is 1. The van der Waals surface area contributed by atoms with Crippen LogP contribution < -0.4 is 5.56 Å². The van der Waals surface area contributed by atoms with E-state index in [0.29, 0.717) is 0 Å². The van der Waals surface area contributed by atoms with Crippen molar-refractivity contribution in [3.05, 3.63) is 33.7 Å². The molecule has 3 heteroatoms. The van der Waals surface area contributed by atoms with Gasteiger partial charge in [-0.25, -0.2) is 0 Å². The molecule has 0 amide bonds. The van der Waals surface area contributed by atoms with E-state index in [2.05, 4.69) is 9.88 Å². The molecule has 1 heterocycles. The van der Waals surface area contributed by atoms with Crippen LogP contribution in [-0.2, 0) is 6.42 Å². The summed E-state index contributed by atoms with van der Waals surface area (Å²) in [5.41, 5.74) is 2.27. The minimum absolute atomic E-state index is 0.0221. The van der Waals surface area contributed by atoms with E-state index in [-0.39, 0.29) is 5.56 Å². The number of hydrogen-bond acceptors (Lipinski definition) is 2. The second-order valence-corrected chi connectivity index (χ2v) is 3.56. The zero-order valence-electron chi connectivity index (χ0n) is 8.42. The molecular weight excluding hydrogens is 164 g/mol. The van der Waals surface area contributed by atoms with Gasteiger partial charge in [-0.05, 0) is 38.6 Å². The van der Waals surface area contributed by atoms with E-state index < -0.39 is 0 Å². The molecule has 0 aliphatic carbocycles. The Kier molecular flexibility index (Phi) is 3.25. The van der Waals surface area contributed by atoms with E-state index in [1.807, 2.05) is 21.0 Å². The van der Waals surface area contributed by atoms with Crippen molar-refractivity contribution in [1.29, 1.82) is 0 Å². The number of rotatable bonds is 3. The van der Waals surface area contributed by atoms with Gasteiger partial charge in [0.2, 0.25) is 5.56 Å². The summed E-state index contributed by atoms with van der Waals surface area (Å²) in [5, 5.41) is 0. The molecule has 72 valence electrons. The topological polar surface area (TPSA) is 36.1 Å². The minimum atomic E-state index is -0.0221. The largest absolute Gasteiger partial charge is 0.329 e. The van der Waals surface area contributed by atoms with Crippen molar-refractivity contribution >= 4 is 0 Å². The van der Waals surface area contributed by atoms with Crippen LogP contribution in [0.2, 0.25) is 0 Å². The van der Waals surface area contributed by atoms with Crippen molar-refractivity contribution < 1.29 is 0 Å². The van der Waals surface area contributed by atoms with Gasteiger partial charge in [-0.2, -0.15) is 0 Å². The first-order valence-corrected chi connectivity index (χ1v) is 4.42. The van der Waals surface area contributed by atoms with Crippen LogP contribution in [-0.4, -0.2) is 30.5 Å². The number of aryl methyl sites for hydroxylation is 1. The summed E-state index contributed by atoms with van der Waals surface area (Å²) in [4.78, 5) is 15.7. The van der Waals surface area contributed by atoms with E-state index in [1.165, 1.54) is 5.56 Å². The van der Waals surface area contributed by atoms with Crippen molar-refractivity contribution in [3.8, 4) is 0 Å². The monoisotopic (exact) mass is 180 g/mol. The fraction of sp³-hybridized carbons (Fsp3) is 0.500. The highest BCUT2D eigenvalue weighted by atomic mass is 16.1. The quantitative estimate of drug-likeness (QED) is 0.746.